The van der Waals surface area contributed by atoms with Gasteiger partial charge in [0.1, 0.15) is 5.75 Å². The first kappa shape index (κ1) is 16.9. The van der Waals surface area contributed by atoms with E-state index in [0.717, 1.165) is 23.4 Å². The highest BCUT2D eigenvalue weighted by atomic mass is 19.2. The minimum Gasteiger partial charge on any atom is -0.497 e. The zero-order valence-electron chi connectivity index (χ0n) is 13.3. The molecule has 0 unspecified atom stereocenters. The zero-order valence-corrected chi connectivity index (χ0v) is 13.3. The number of nitrogens with one attached hydrogen (secondary N) is 1. The topological polar surface area (TPSA) is 38.3 Å². The van der Waals surface area contributed by atoms with Crippen molar-refractivity contribution in [3.63, 3.8) is 0 Å². The first-order chi connectivity index (χ1) is 10.8. The van der Waals surface area contributed by atoms with Crippen molar-refractivity contribution >= 4 is 5.91 Å². The minimum atomic E-state index is -1.04. The SMILES string of the molecule is COc1ccc(C(C)(C)CNC(=O)c2ccc(F)c(F)c2)cc1. The lowest BCUT2D eigenvalue weighted by Gasteiger charge is -2.26. The van der Waals surface area contributed by atoms with Gasteiger partial charge < -0.3 is 10.1 Å². The number of hydrogen-bond acceptors (Lipinski definition) is 2. The fourth-order valence-corrected chi connectivity index (χ4v) is 2.18. The van der Waals surface area contributed by atoms with E-state index in [0.29, 0.717) is 6.54 Å². The van der Waals surface area contributed by atoms with Gasteiger partial charge in [-0.15, -0.1) is 0 Å². The van der Waals surface area contributed by atoms with E-state index >= 15 is 0 Å². The van der Waals surface area contributed by atoms with Crippen molar-refractivity contribution in [1.82, 2.24) is 5.32 Å². The van der Waals surface area contributed by atoms with E-state index in [2.05, 4.69) is 5.32 Å². The highest BCUT2D eigenvalue weighted by molar-refractivity contribution is 5.94. The van der Waals surface area contributed by atoms with Gasteiger partial charge in [0.15, 0.2) is 11.6 Å². The van der Waals surface area contributed by atoms with Crippen molar-refractivity contribution < 1.29 is 18.3 Å². The number of rotatable bonds is 5. The molecule has 0 atom stereocenters. The number of ether oxygens (including phenoxy) is 1. The second kappa shape index (κ2) is 6.77. The number of carbonyl (C=O) groups excluding carboxylic acids is 1. The largest absolute Gasteiger partial charge is 0.497 e. The van der Waals surface area contributed by atoms with Crippen LogP contribution in [0.2, 0.25) is 0 Å². The van der Waals surface area contributed by atoms with Crippen LogP contribution in [-0.4, -0.2) is 19.6 Å². The van der Waals surface area contributed by atoms with Gasteiger partial charge in [0.05, 0.1) is 7.11 Å². The molecule has 0 fully saturated rings. The Balaban J connectivity index is 2.05. The highest BCUT2D eigenvalue weighted by Crippen LogP contribution is 2.24. The van der Waals surface area contributed by atoms with Crippen molar-refractivity contribution in [2.24, 2.45) is 0 Å². The molecule has 5 heteroatoms. The van der Waals surface area contributed by atoms with Crippen LogP contribution in [0.3, 0.4) is 0 Å². The summed E-state index contributed by atoms with van der Waals surface area (Å²) >= 11 is 0. The Hall–Kier alpha value is -2.43. The number of amides is 1. The monoisotopic (exact) mass is 319 g/mol. The van der Waals surface area contributed by atoms with Gasteiger partial charge in [0.2, 0.25) is 0 Å². The molecule has 3 nitrogen and oxygen atoms in total. The standard InChI is InChI=1S/C18H19F2NO2/c1-18(2,13-5-7-14(23-3)8-6-13)11-21-17(22)12-4-9-15(19)16(20)10-12/h4-10H,11H2,1-3H3,(H,21,22). The van der Waals surface area contributed by atoms with Gasteiger partial charge in [-0.3, -0.25) is 4.79 Å². The Labute approximate surface area is 134 Å². The van der Waals surface area contributed by atoms with E-state index in [1.165, 1.54) is 6.07 Å². The molecule has 1 N–H and O–H groups in total. The lowest BCUT2D eigenvalue weighted by Crippen LogP contribution is -2.36. The molecule has 0 heterocycles. The van der Waals surface area contributed by atoms with Gasteiger partial charge in [-0.1, -0.05) is 26.0 Å². The molecular weight excluding hydrogens is 300 g/mol. The molecule has 0 saturated heterocycles. The smallest absolute Gasteiger partial charge is 0.251 e. The molecule has 1 amide bonds. The molecule has 2 rings (SSSR count). The Morgan fingerprint density at radius 3 is 2.30 bits per heavy atom. The van der Waals surface area contributed by atoms with Crippen molar-refractivity contribution in [1.29, 1.82) is 0 Å². The highest BCUT2D eigenvalue weighted by Gasteiger charge is 2.22. The molecule has 0 radical (unpaired) electrons. The lowest BCUT2D eigenvalue weighted by atomic mass is 9.84. The Morgan fingerprint density at radius 2 is 1.74 bits per heavy atom. The second-order valence-corrected chi connectivity index (χ2v) is 5.92. The minimum absolute atomic E-state index is 0.0921. The van der Waals surface area contributed by atoms with Crippen molar-refractivity contribution in [2.45, 2.75) is 19.3 Å². The molecule has 0 aliphatic rings. The van der Waals surface area contributed by atoms with Crippen molar-refractivity contribution in [2.75, 3.05) is 13.7 Å². The summed E-state index contributed by atoms with van der Waals surface area (Å²) in [5, 5.41) is 2.75. The molecule has 122 valence electrons. The Morgan fingerprint density at radius 1 is 1.09 bits per heavy atom. The molecule has 2 aromatic carbocycles. The molecule has 0 spiro atoms. The Bertz CT molecular complexity index is 697. The zero-order chi connectivity index (χ0) is 17.0. The molecule has 0 aliphatic heterocycles. The molecule has 2 aromatic rings. The summed E-state index contributed by atoms with van der Waals surface area (Å²) in [4.78, 5) is 12.1. The number of benzene rings is 2. The van der Waals surface area contributed by atoms with E-state index in [1.54, 1.807) is 7.11 Å². The van der Waals surface area contributed by atoms with Crippen LogP contribution in [0.25, 0.3) is 0 Å². The summed E-state index contributed by atoms with van der Waals surface area (Å²) in [5.41, 5.74) is 0.805. The predicted molar refractivity (Wildman–Crippen MR) is 84.7 cm³/mol. The maximum Gasteiger partial charge on any atom is 0.251 e. The van der Waals surface area contributed by atoms with Crippen molar-refractivity contribution in [3.05, 3.63) is 65.2 Å². The summed E-state index contributed by atoms with van der Waals surface area (Å²) in [5.74, 6) is -1.69. The predicted octanol–water partition coefficient (Wildman–Crippen LogP) is 3.68. The normalized spacial score (nSPS) is 11.2. The lowest BCUT2D eigenvalue weighted by molar-refractivity contribution is 0.0945. The van der Waals surface area contributed by atoms with E-state index in [4.69, 9.17) is 4.74 Å². The first-order valence-electron chi connectivity index (χ1n) is 7.21. The third-order valence-electron chi connectivity index (χ3n) is 3.74. The first-order valence-corrected chi connectivity index (χ1v) is 7.21. The van der Waals surface area contributed by atoms with Gasteiger partial charge in [0, 0.05) is 17.5 Å². The molecule has 23 heavy (non-hydrogen) atoms. The van der Waals surface area contributed by atoms with Crippen LogP contribution in [0.15, 0.2) is 42.5 Å². The van der Waals surface area contributed by atoms with Crippen LogP contribution in [0.4, 0.5) is 8.78 Å². The number of halogens is 2. The number of carbonyl (C=O) groups is 1. The van der Waals surface area contributed by atoms with Crippen molar-refractivity contribution in [3.8, 4) is 5.75 Å². The maximum absolute atomic E-state index is 13.2. The molecule has 0 saturated carbocycles. The average molecular weight is 319 g/mol. The summed E-state index contributed by atoms with van der Waals surface area (Å²) in [6.07, 6.45) is 0. The van der Waals surface area contributed by atoms with Crippen LogP contribution >= 0.6 is 0 Å². The summed E-state index contributed by atoms with van der Waals surface area (Å²) in [7, 11) is 1.60. The third-order valence-corrected chi connectivity index (χ3v) is 3.74. The fraction of sp³-hybridized carbons (Fsp3) is 0.278. The molecule has 0 aromatic heterocycles. The number of methoxy groups -OCH3 is 1. The third kappa shape index (κ3) is 4.06. The molecule has 0 bridgehead atoms. The van der Waals surface area contributed by atoms with Crippen LogP contribution in [0, 0.1) is 11.6 Å². The fourth-order valence-electron chi connectivity index (χ4n) is 2.18. The van der Waals surface area contributed by atoms with Crippen LogP contribution in [0.1, 0.15) is 29.8 Å². The van der Waals surface area contributed by atoms with Crippen LogP contribution < -0.4 is 10.1 Å². The average Bonchev–Trinajstić information content (AvgIpc) is 2.55. The van der Waals surface area contributed by atoms with Gasteiger partial charge in [-0.05, 0) is 35.9 Å². The van der Waals surface area contributed by atoms with Gasteiger partial charge in [0.25, 0.3) is 5.91 Å². The van der Waals surface area contributed by atoms with Gasteiger partial charge in [-0.2, -0.15) is 0 Å². The van der Waals surface area contributed by atoms with E-state index in [-0.39, 0.29) is 11.0 Å². The quantitative estimate of drug-likeness (QED) is 0.913. The summed E-state index contributed by atoms with van der Waals surface area (Å²) < 4.78 is 31.2. The molecule has 0 aliphatic carbocycles. The van der Waals surface area contributed by atoms with E-state index < -0.39 is 17.5 Å². The molecular formula is C18H19F2NO2. The number of hydrogen-bond donors (Lipinski definition) is 1. The van der Waals surface area contributed by atoms with Crippen LogP contribution in [0.5, 0.6) is 5.75 Å². The Kier molecular flexibility index (Phi) is 4.98. The van der Waals surface area contributed by atoms with Gasteiger partial charge in [-0.25, -0.2) is 8.78 Å². The van der Waals surface area contributed by atoms with E-state index in [9.17, 15) is 13.6 Å². The second-order valence-electron chi connectivity index (χ2n) is 5.92. The van der Waals surface area contributed by atoms with Crippen LogP contribution in [-0.2, 0) is 5.41 Å². The maximum atomic E-state index is 13.2. The van der Waals surface area contributed by atoms with E-state index in [1.807, 2.05) is 38.1 Å². The summed E-state index contributed by atoms with van der Waals surface area (Å²) in [6, 6.07) is 10.7. The van der Waals surface area contributed by atoms with Gasteiger partial charge >= 0.3 is 0 Å². The summed E-state index contributed by atoms with van der Waals surface area (Å²) in [6.45, 7) is 4.33.